The van der Waals surface area contributed by atoms with Crippen molar-refractivity contribution in [3.05, 3.63) is 23.5 Å². The molecule has 2 saturated carbocycles. The van der Waals surface area contributed by atoms with Gasteiger partial charge in [0.25, 0.3) is 0 Å². The molecule has 5 rings (SSSR count). The summed E-state index contributed by atoms with van der Waals surface area (Å²) in [4.78, 5) is 28.2. The van der Waals surface area contributed by atoms with Crippen LogP contribution in [0.2, 0.25) is 0 Å². The van der Waals surface area contributed by atoms with Gasteiger partial charge in [-0.1, -0.05) is 30.9 Å². The van der Waals surface area contributed by atoms with Crippen LogP contribution in [0.4, 0.5) is 0 Å². The molecule has 2 aromatic rings. The topological polar surface area (TPSA) is 97.6 Å². The molecule has 1 unspecified atom stereocenters. The number of aryl methyl sites for hydroxylation is 1. The molecule has 3 aliphatic rings. The van der Waals surface area contributed by atoms with Crippen molar-refractivity contribution in [1.82, 2.24) is 20.0 Å². The zero-order chi connectivity index (χ0) is 23.3. The Morgan fingerprint density at radius 2 is 1.88 bits per heavy atom. The van der Waals surface area contributed by atoms with E-state index >= 15 is 0 Å². The number of ether oxygens (including phenoxy) is 2. The Balaban J connectivity index is 1.31. The fourth-order valence-electron chi connectivity index (χ4n) is 4.88. The van der Waals surface area contributed by atoms with Crippen LogP contribution < -0.4 is 4.89 Å². The second-order valence-corrected chi connectivity index (χ2v) is 9.64. The summed E-state index contributed by atoms with van der Waals surface area (Å²) >= 11 is 0. The van der Waals surface area contributed by atoms with E-state index in [2.05, 4.69) is 10.3 Å². The van der Waals surface area contributed by atoms with Gasteiger partial charge in [0.15, 0.2) is 6.29 Å². The van der Waals surface area contributed by atoms with E-state index in [0.29, 0.717) is 23.7 Å². The lowest BCUT2D eigenvalue weighted by Crippen LogP contribution is -2.23. The van der Waals surface area contributed by atoms with Gasteiger partial charge in [-0.2, -0.15) is 0 Å². The molecule has 1 atom stereocenters. The van der Waals surface area contributed by atoms with Crippen LogP contribution in [-0.2, 0) is 32.8 Å². The maximum atomic E-state index is 12.5. The Hall–Kier alpha value is -2.52. The summed E-state index contributed by atoms with van der Waals surface area (Å²) in [6.07, 6.45) is 11.2. The Labute approximate surface area is 200 Å². The lowest BCUT2D eigenvalue weighted by Gasteiger charge is -2.26. The van der Waals surface area contributed by atoms with Crippen LogP contribution in [0, 0.1) is 5.92 Å². The highest BCUT2D eigenvalue weighted by atomic mass is 17.2. The van der Waals surface area contributed by atoms with Crippen molar-refractivity contribution in [1.29, 1.82) is 0 Å². The van der Waals surface area contributed by atoms with Crippen molar-refractivity contribution in [2.75, 3.05) is 6.61 Å². The lowest BCUT2D eigenvalue weighted by molar-refractivity contribution is -0.220. The van der Waals surface area contributed by atoms with Crippen molar-refractivity contribution >= 4 is 5.97 Å². The van der Waals surface area contributed by atoms with Gasteiger partial charge in [0.05, 0.1) is 29.6 Å². The smallest absolute Gasteiger partial charge is 0.353 e. The molecule has 0 bridgehead atoms. The Morgan fingerprint density at radius 3 is 2.62 bits per heavy atom. The third-order valence-corrected chi connectivity index (χ3v) is 7.26. The van der Waals surface area contributed by atoms with Gasteiger partial charge in [-0.15, -0.1) is 5.10 Å². The van der Waals surface area contributed by atoms with Gasteiger partial charge in [0.2, 0.25) is 5.75 Å². The molecule has 1 saturated heterocycles. The Bertz CT molecular complexity index is 978. The van der Waals surface area contributed by atoms with Gasteiger partial charge >= 0.3 is 5.97 Å². The fraction of sp³-hybridized carbons (Fsp3) is 0.680. The molecule has 3 fully saturated rings. The average Bonchev–Trinajstić information content (AvgIpc) is 3.22. The molecule has 0 N–H and O–H groups in total. The molecule has 3 heterocycles. The van der Waals surface area contributed by atoms with Crippen molar-refractivity contribution in [3.63, 3.8) is 0 Å². The Morgan fingerprint density at radius 1 is 1.06 bits per heavy atom. The highest BCUT2D eigenvalue weighted by Gasteiger charge is 2.29. The predicted octanol–water partition coefficient (Wildman–Crippen LogP) is 4.61. The first-order chi connectivity index (χ1) is 16.7. The van der Waals surface area contributed by atoms with Crippen molar-refractivity contribution in [2.45, 2.75) is 89.4 Å². The third-order valence-electron chi connectivity index (χ3n) is 7.26. The van der Waals surface area contributed by atoms with Crippen molar-refractivity contribution in [3.8, 4) is 17.1 Å². The number of nitrogens with zero attached hydrogens (tertiary/aromatic N) is 4. The second kappa shape index (κ2) is 10.8. The van der Waals surface area contributed by atoms with E-state index in [4.69, 9.17) is 24.2 Å². The maximum absolute atomic E-state index is 12.5. The number of carbonyl (C=O) groups is 1. The van der Waals surface area contributed by atoms with E-state index in [-0.39, 0.29) is 24.1 Å². The minimum atomic E-state index is -0.276. The van der Waals surface area contributed by atoms with Crippen LogP contribution in [0.25, 0.3) is 11.4 Å². The van der Waals surface area contributed by atoms with E-state index < -0.39 is 0 Å². The number of hydrogen-bond donors (Lipinski definition) is 0. The monoisotopic (exact) mass is 470 g/mol. The Kier molecular flexibility index (Phi) is 7.39. The van der Waals surface area contributed by atoms with E-state index in [1.54, 1.807) is 4.68 Å². The van der Waals surface area contributed by atoms with Gasteiger partial charge in [-0.05, 0) is 57.1 Å². The van der Waals surface area contributed by atoms with Gasteiger partial charge in [0, 0.05) is 19.6 Å². The lowest BCUT2D eigenvalue weighted by atomic mass is 9.82. The van der Waals surface area contributed by atoms with Gasteiger partial charge < -0.3 is 9.47 Å². The minimum absolute atomic E-state index is 0.0663. The van der Waals surface area contributed by atoms with Gasteiger partial charge in [0.1, 0.15) is 5.69 Å². The summed E-state index contributed by atoms with van der Waals surface area (Å²) in [5, 5.41) is 8.57. The molecule has 184 valence electrons. The molecule has 34 heavy (non-hydrogen) atoms. The maximum Gasteiger partial charge on any atom is 0.358 e. The first kappa shape index (κ1) is 23.2. The zero-order valence-corrected chi connectivity index (χ0v) is 19.9. The van der Waals surface area contributed by atoms with Gasteiger partial charge in [-0.3, -0.25) is 9.78 Å². The average molecular weight is 471 g/mol. The number of carbonyl (C=O) groups excluding carboxylic acids is 1. The quantitative estimate of drug-likeness (QED) is 0.408. The van der Waals surface area contributed by atoms with Crippen LogP contribution in [0.5, 0.6) is 5.75 Å². The highest BCUT2D eigenvalue weighted by molar-refractivity contribution is 5.72. The van der Waals surface area contributed by atoms with E-state index in [1.165, 1.54) is 6.42 Å². The molecule has 0 spiro atoms. The van der Waals surface area contributed by atoms with Crippen molar-refractivity contribution in [2.24, 2.45) is 13.0 Å². The highest BCUT2D eigenvalue weighted by Crippen LogP contribution is 2.41. The van der Waals surface area contributed by atoms with Gasteiger partial charge in [-0.25, -0.2) is 14.5 Å². The van der Waals surface area contributed by atoms with Crippen LogP contribution in [-0.4, -0.2) is 38.8 Å². The molecular formula is C25H34N4O5. The van der Waals surface area contributed by atoms with E-state index in [9.17, 15) is 4.79 Å². The summed E-state index contributed by atoms with van der Waals surface area (Å²) in [5.41, 5.74) is 3.06. The first-order valence-electron chi connectivity index (χ1n) is 12.7. The van der Waals surface area contributed by atoms with Crippen LogP contribution in [0.3, 0.4) is 0 Å². The molecule has 9 heteroatoms. The van der Waals surface area contributed by atoms with Crippen LogP contribution >= 0.6 is 0 Å². The number of hydrogen-bond acceptors (Lipinski definition) is 8. The summed E-state index contributed by atoms with van der Waals surface area (Å²) in [6.45, 7) is 1.08. The summed E-state index contributed by atoms with van der Waals surface area (Å²) in [5.74, 6) is 0.454. The summed E-state index contributed by atoms with van der Waals surface area (Å²) in [6, 6.07) is 3.67. The standard InChI is InChI=1S/C25H34N4O5/c1-29-20(16-32-22-12-5-6-15-31-22)24(27-28-29)19-13-14-21(23(26-19)17-10-7-11-17)33-34-25(30)18-8-3-2-4-9-18/h13-14,17-18,22H,2-12,15-16H2,1H3. The van der Waals surface area contributed by atoms with E-state index in [0.717, 1.165) is 82.2 Å². The number of pyridine rings is 1. The molecule has 0 radical (unpaired) electrons. The molecule has 9 nitrogen and oxygen atoms in total. The SMILES string of the molecule is Cn1nnc(-c2ccc(OOC(=O)C3CCCCC3)c(C3CCC3)n2)c1COC1CCCCO1. The molecule has 2 aliphatic carbocycles. The first-order valence-corrected chi connectivity index (χ1v) is 12.7. The zero-order valence-electron chi connectivity index (χ0n) is 19.9. The summed E-state index contributed by atoms with van der Waals surface area (Å²) in [7, 11) is 1.85. The van der Waals surface area contributed by atoms with Crippen LogP contribution in [0.15, 0.2) is 12.1 Å². The summed E-state index contributed by atoms with van der Waals surface area (Å²) < 4.78 is 13.4. The molecular weight excluding hydrogens is 436 g/mol. The largest absolute Gasteiger partial charge is 0.358 e. The fourth-order valence-corrected chi connectivity index (χ4v) is 4.88. The third kappa shape index (κ3) is 5.25. The molecule has 0 amide bonds. The molecule has 1 aliphatic heterocycles. The predicted molar refractivity (Wildman–Crippen MR) is 123 cm³/mol. The molecule has 2 aromatic heterocycles. The minimum Gasteiger partial charge on any atom is -0.353 e. The normalized spacial score (nSPS) is 21.7. The van der Waals surface area contributed by atoms with E-state index in [1.807, 2.05) is 19.2 Å². The second-order valence-electron chi connectivity index (χ2n) is 9.64. The van der Waals surface area contributed by atoms with Crippen molar-refractivity contribution < 1.29 is 24.0 Å². The molecule has 0 aromatic carbocycles. The number of rotatable bonds is 8. The van der Waals surface area contributed by atoms with Crippen LogP contribution in [0.1, 0.15) is 87.9 Å². The number of aromatic nitrogens is 4.